The van der Waals surface area contributed by atoms with Crippen LogP contribution >= 0.6 is 41.6 Å². The van der Waals surface area contributed by atoms with E-state index in [1.54, 1.807) is 0 Å². The van der Waals surface area contributed by atoms with Gasteiger partial charge in [0.1, 0.15) is 0 Å². The van der Waals surface area contributed by atoms with Gasteiger partial charge in [-0.05, 0) is 21.4 Å². The molecule has 38 valence electrons. The Morgan fingerprint density at radius 3 is 1.67 bits per heavy atom. The van der Waals surface area contributed by atoms with Gasteiger partial charge in [-0.15, -0.1) is 11.8 Å². The third-order valence-corrected chi connectivity index (χ3v) is 7.81. The summed E-state index contributed by atoms with van der Waals surface area (Å²) in [5, 5.41) is 1.96. The van der Waals surface area contributed by atoms with E-state index in [-0.39, 0.29) is 0 Å². The van der Waals surface area contributed by atoms with E-state index in [1.807, 2.05) is 11.8 Å². The summed E-state index contributed by atoms with van der Waals surface area (Å²) >= 11 is 1.82. The van der Waals surface area contributed by atoms with Crippen molar-refractivity contribution in [2.24, 2.45) is 0 Å². The van der Waals surface area contributed by atoms with E-state index in [0.29, 0.717) is 0 Å². The van der Waals surface area contributed by atoms with Crippen molar-refractivity contribution in [1.29, 1.82) is 0 Å². The van der Waals surface area contributed by atoms with Crippen molar-refractivity contribution in [2.75, 3.05) is 10.2 Å². The predicted molar refractivity (Wildman–Crippen MR) is 36.6 cm³/mol. The summed E-state index contributed by atoms with van der Waals surface area (Å²) in [7, 11) is 10.2. The summed E-state index contributed by atoms with van der Waals surface area (Å²) in [6.45, 7) is 0. The van der Waals surface area contributed by atoms with Gasteiger partial charge in [0, 0.05) is 0 Å². The van der Waals surface area contributed by atoms with Crippen LogP contribution in [0.15, 0.2) is 0 Å². The average Bonchev–Trinajstić information content (AvgIpc) is 1.32. The molecule has 1 heterocycles. The third-order valence-electron chi connectivity index (χ3n) is 0.512. The first kappa shape index (κ1) is 5.42. The minimum Gasteiger partial charge on any atom is -0.139 e. The second-order valence-corrected chi connectivity index (χ2v) is 8.85. The topological polar surface area (TPSA) is 0 Å². The third kappa shape index (κ3) is 1.12. The molecular formula is C2H4Cl2S2. The molecule has 1 aliphatic rings. The van der Waals surface area contributed by atoms with E-state index in [9.17, 15) is 0 Å². The first-order valence-electron chi connectivity index (χ1n) is 1.46. The van der Waals surface area contributed by atoms with Gasteiger partial charge in [-0.1, -0.05) is 8.46 Å². The summed E-state index contributed by atoms with van der Waals surface area (Å²) < 4.78 is 0. The van der Waals surface area contributed by atoms with Crippen molar-refractivity contribution in [3.63, 3.8) is 0 Å². The van der Waals surface area contributed by atoms with Crippen molar-refractivity contribution >= 4 is 41.6 Å². The first-order chi connectivity index (χ1) is 2.71. The lowest BCUT2D eigenvalue weighted by Crippen LogP contribution is -2.00. The van der Waals surface area contributed by atoms with Gasteiger partial charge in [-0.25, -0.2) is 0 Å². The predicted octanol–water partition coefficient (Wildman–Crippen LogP) is 2.76. The molecule has 4 heteroatoms. The van der Waals surface area contributed by atoms with Crippen LogP contribution in [0, 0.1) is 0 Å². The van der Waals surface area contributed by atoms with Crippen molar-refractivity contribution < 1.29 is 0 Å². The Balaban J connectivity index is 2.31. The fourth-order valence-corrected chi connectivity index (χ4v) is 4.15. The molecule has 0 N–H and O–H groups in total. The zero-order valence-corrected chi connectivity index (χ0v) is 6.13. The summed E-state index contributed by atoms with van der Waals surface area (Å²) in [6, 6.07) is 0. The number of hydrogen-bond donors (Lipinski definition) is 0. The Morgan fingerprint density at radius 1 is 1.33 bits per heavy atom. The molecule has 0 bridgehead atoms. The Morgan fingerprint density at radius 2 is 1.67 bits per heavy atom. The Kier molecular flexibility index (Phi) is 1.50. The van der Waals surface area contributed by atoms with Gasteiger partial charge in [0.25, 0.3) is 0 Å². The lowest BCUT2D eigenvalue weighted by molar-refractivity contribution is 2.00. The lowest BCUT2D eigenvalue weighted by Gasteiger charge is -2.32. The van der Waals surface area contributed by atoms with Crippen molar-refractivity contribution in [2.45, 2.75) is 0 Å². The fraction of sp³-hybridized carbons (Fsp3) is 1.00. The maximum atomic E-state index is 5.63. The molecule has 0 aromatic carbocycles. The van der Waals surface area contributed by atoms with Crippen molar-refractivity contribution in [3.05, 3.63) is 0 Å². The van der Waals surface area contributed by atoms with Gasteiger partial charge < -0.3 is 0 Å². The molecule has 0 nitrogen and oxygen atoms in total. The van der Waals surface area contributed by atoms with Crippen LogP contribution in [0.2, 0.25) is 0 Å². The highest BCUT2D eigenvalue weighted by molar-refractivity contribution is 8.75. The van der Waals surface area contributed by atoms with Gasteiger partial charge in [-0.3, -0.25) is 0 Å². The normalized spacial score (nSPS) is 34.3. The Bertz CT molecular complexity index is 56.6. The molecule has 0 atom stereocenters. The van der Waals surface area contributed by atoms with Crippen LogP contribution < -0.4 is 0 Å². The summed E-state index contributed by atoms with van der Waals surface area (Å²) in [6.07, 6.45) is 0. The zero-order valence-electron chi connectivity index (χ0n) is 2.99. The minimum atomic E-state index is -1.07. The van der Waals surface area contributed by atoms with Crippen LogP contribution in [0.5, 0.6) is 0 Å². The molecular weight excluding hydrogens is 159 g/mol. The maximum absolute atomic E-state index is 5.63. The van der Waals surface area contributed by atoms with E-state index in [0.717, 1.165) is 10.2 Å². The van der Waals surface area contributed by atoms with Crippen LogP contribution in [-0.2, 0) is 0 Å². The van der Waals surface area contributed by atoms with Gasteiger partial charge in [0.05, 0.1) is 10.2 Å². The molecule has 0 amide bonds. The average molecular weight is 163 g/mol. The highest BCUT2D eigenvalue weighted by Gasteiger charge is 2.26. The van der Waals surface area contributed by atoms with Gasteiger partial charge in [-0.2, -0.15) is 0 Å². The quantitative estimate of drug-likeness (QED) is 0.529. The van der Waals surface area contributed by atoms with Crippen LogP contribution in [0.1, 0.15) is 0 Å². The van der Waals surface area contributed by atoms with E-state index < -0.39 is 8.46 Å². The number of hydrogen-bond acceptors (Lipinski definition) is 1. The smallest absolute Gasteiger partial charge is 0.0505 e. The Labute approximate surface area is 51.9 Å². The maximum Gasteiger partial charge on any atom is 0.0505 e. The molecule has 1 aliphatic heterocycles. The first-order valence-corrected chi connectivity index (χ1v) is 6.24. The molecule has 0 aromatic rings. The van der Waals surface area contributed by atoms with Crippen LogP contribution in [-0.4, -0.2) is 10.2 Å². The number of rotatable bonds is 0. The standard InChI is InChI=1S/C2H4Cl2S2/c3-6(4)1-5-2-6/h1-2H2. The van der Waals surface area contributed by atoms with E-state index in [4.69, 9.17) is 21.4 Å². The molecule has 0 aromatic heterocycles. The minimum absolute atomic E-state index is 0.982. The molecule has 0 aliphatic carbocycles. The molecule has 1 fully saturated rings. The summed E-state index contributed by atoms with van der Waals surface area (Å²) in [5.41, 5.74) is 0. The largest absolute Gasteiger partial charge is 0.139 e. The fourth-order valence-electron chi connectivity index (χ4n) is 0.209. The van der Waals surface area contributed by atoms with Crippen LogP contribution in [0.4, 0.5) is 0 Å². The highest BCUT2D eigenvalue weighted by Crippen LogP contribution is 2.69. The van der Waals surface area contributed by atoms with Crippen molar-refractivity contribution in [3.8, 4) is 0 Å². The Hall–Kier alpha value is 1.28. The van der Waals surface area contributed by atoms with Crippen molar-refractivity contribution in [1.82, 2.24) is 0 Å². The second kappa shape index (κ2) is 1.66. The second-order valence-electron chi connectivity index (χ2n) is 1.14. The summed E-state index contributed by atoms with van der Waals surface area (Å²) in [4.78, 5) is 0. The zero-order chi connectivity index (χ0) is 4.62. The van der Waals surface area contributed by atoms with E-state index in [2.05, 4.69) is 0 Å². The molecule has 0 saturated carbocycles. The highest BCUT2D eigenvalue weighted by atomic mass is 36.0. The molecule has 0 spiro atoms. The molecule has 0 unspecified atom stereocenters. The number of halogens is 2. The number of thioether (sulfide) groups is 1. The molecule has 1 saturated heterocycles. The van der Waals surface area contributed by atoms with Gasteiger partial charge in [0.15, 0.2) is 0 Å². The van der Waals surface area contributed by atoms with Crippen LogP contribution in [0.25, 0.3) is 0 Å². The molecule has 6 heavy (non-hydrogen) atoms. The van der Waals surface area contributed by atoms with Crippen LogP contribution in [0.3, 0.4) is 0 Å². The SMILES string of the molecule is ClS1(Cl)CSC1. The van der Waals surface area contributed by atoms with E-state index in [1.165, 1.54) is 0 Å². The molecule has 1 rings (SSSR count). The van der Waals surface area contributed by atoms with Gasteiger partial charge >= 0.3 is 0 Å². The van der Waals surface area contributed by atoms with E-state index >= 15 is 0 Å². The van der Waals surface area contributed by atoms with Gasteiger partial charge in [0.2, 0.25) is 0 Å². The molecule has 0 radical (unpaired) electrons. The monoisotopic (exact) mass is 162 g/mol. The summed E-state index contributed by atoms with van der Waals surface area (Å²) in [5.74, 6) is 0. The lowest BCUT2D eigenvalue weighted by atomic mass is 11.8.